The van der Waals surface area contributed by atoms with E-state index in [2.05, 4.69) is 192 Å². The fourth-order valence-corrected chi connectivity index (χ4v) is 11.6. The zero-order chi connectivity index (χ0) is 45.9. The minimum absolute atomic E-state index is 0. The van der Waals surface area contributed by atoms with Crippen molar-refractivity contribution in [3.05, 3.63) is 214 Å². The van der Waals surface area contributed by atoms with Crippen molar-refractivity contribution < 1.29 is 47.0 Å². The van der Waals surface area contributed by atoms with E-state index < -0.39 is 34.9 Å². The number of nitrogens with zero attached hydrogens (tertiary/aromatic N) is 4. The van der Waals surface area contributed by atoms with Gasteiger partial charge in [-0.2, -0.15) is 0 Å². The Hall–Kier alpha value is -5.60. The Morgan fingerprint density at radius 1 is 0.484 bits per heavy atom. The molecule has 0 N–H and O–H groups in total. The molecular weight excluding hydrogens is 939 g/mol. The third-order valence-corrected chi connectivity index (χ3v) is 14.6. The van der Waals surface area contributed by atoms with Gasteiger partial charge in [-0.05, 0) is 79.7 Å². The maximum absolute atomic E-state index is 11.9. The minimum atomic E-state index is -10.7. The van der Waals surface area contributed by atoms with Crippen molar-refractivity contribution in [2.75, 3.05) is 0 Å². The Morgan fingerprint density at radius 3 is 0.969 bits per heavy atom. The maximum atomic E-state index is 11.9. The molecule has 0 saturated heterocycles. The first-order valence-electron chi connectivity index (χ1n) is 19.3. The summed E-state index contributed by atoms with van der Waals surface area (Å²) in [5.41, 5.74) is -0.266. The standard InChI is InChI=1S/2C18H15P.C11H12N4O3.Cu.F6P/c2*1-4-10-16(11-5-1)19(17-12-6-2-7-13-17)18-14-8-3-9-15-18;1-5-7(6(2)16)13-8-9(12-5)14(3)11(18)15(4)10(8)17;;1-7(2,3,4,5)6/h2*1-15H;1-4H3;;/q;;;+1;-1/p+2. The van der Waals surface area contributed by atoms with Gasteiger partial charge in [0, 0.05) is 21.0 Å². The SMILES string of the molecule is CC(=O)c1nc2c(=O)n(C)c(=O)n(C)c2nc1C.F[P-](F)(F)(F)(F)F.[Cu+].c1ccc([PH+](c2ccccc2)c2ccccc2)cc1.c1ccc([PH+](c2ccccc2)c2ccccc2)cc1. The van der Waals surface area contributed by atoms with Gasteiger partial charge in [0.2, 0.25) is 0 Å². The molecule has 0 atom stereocenters. The smallest absolute Gasteiger partial charge is 0.0620 e. The van der Waals surface area contributed by atoms with E-state index in [0.717, 1.165) is 4.57 Å². The molecule has 0 aliphatic rings. The van der Waals surface area contributed by atoms with Crippen LogP contribution in [0.25, 0.3) is 11.2 Å². The van der Waals surface area contributed by atoms with Crippen molar-refractivity contribution in [1.82, 2.24) is 19.1 Å². The Bertz CT molecular complexity index is 2570. The minimum Gasteiger partial charge on any atom is -0.0620 e. The summed E-state index contributed by atoms with van der Waals surface area (Å²) in [5.74, 6) is -0.266. The zero-order valence-electron chi connectivity index (χ0n) is 34.9. The largest absolute Gasteiger partial charge is 1.00 e. The van der Waals surface area contributed by atoms with E-state index in [9.17, 15) is 39.6 Å². The van der Waals surface area contributed by atoms with Gasteiger partial charge in [0.25, 0.3) is 5.56 Å². The van der Waals surface area contributed by atoms with Gasteiger partial charge in [0.05, 0.1) is 21.5 Å². The Morgan fingerprint density at radius 2 is 0.734 bits per heavy atom. The van der Waals surface area contributed by atoms with Crippen LogP contribution in [0.5, 0.6) is 0 Å². The average Bonchev–Trinajstić information content (AvgIpc) is 3.26. The van der Waals surface area contributed by atoms with Gasteiger partial charge < -0.3 is 0 Å². The predicted octanol–water partition coefficient (Wildman–Crippen LogP) is 9.27. The Balaban J connectivity index is 0.000000195. The number of Topliss-reactive ketones (excluding diaryl/α,β-unsaturated/α-hetero) is 1. The van der Waals surface area contributed by atoms with Crippen LogP contribution in [-0.4, -0.2) is 24.9 Å². The molecule has 6 aromatic carbocycles. The van der Waals surface area contributed by atoms with E-state index in [0.29, 0.717) is 5.69 Å². The molecule has 0 bridgehead atoms. The number of hydrogen-bond donors (Lipinski definition) is 0. The zero-order valence-corrected chi connectivity index (χ0v) is 38.7. The number of carbonyl (C=O) groups is 1. The number of ketones is 1. The number of hydrogen-bond acceptors (Lipinski definition) is 5. The number of aryl methyl sites for hydroxylation is 2. The molecule has 2 heterocycles. The molecule has 17 heteroatoms. The first-order chi connectivity index (χ1) is 29.7. The van der Waals surface area contributed by atoms with Gasteiger partial charge in [-0.3, -0.25) is 18.7 Å². The second-order valence-corrected chi connectivity index (χ2v) is 20.9. The molecule has 0 spiro atoms. The van der Waals surface area contributed by atoms with Crippen molar-refractivity contribution >= 4 is 72.4 Å². The number of halogens is 6. The van der Waals surface area contributed by atoms with Crippen LogP contribution in [0.4, 0.5) is 25.2 Å². The molecule has 0 unspecified atom stereocenters. The van der Waals surface area contributed by atoms with Crippen LogP contribution >= 0.6 is 23.7 Å². The summed E-state index contributed by atoms with van der Waals surface area (Å²) in [6.45, 7) is 2.97. The molecule has 64 heavy (non-hydrogen) atoms. The second-order valence-electron chi connectivity index (χ2n) is 14.0. The summed E-state index contributed by atoms with van der Waals surface area (Å²) in [6, 6.07) is 65.0. The van der Waals surface area contributed by atoms with E-state index >= 15 is 0 Å². The topological polar surface area (TPSA) is 86.9 Å². The third kappa shape index (κ3) is 15.3. The summed E-state index contributed by atoms with van der Waals surface area (Å²) < 4.78 is 61.4. The van der Waals surface area contributed by atoms with Crippen LogP contribution in [0.1, 0.15) is 23.1 Å². The Labute approximate surface area is 379 Å². The van der Waals surface area contributed by atoms with Crippen molar-refractivity contribution in [2.45, 2.75) is 13.8 Å². The number of benzene rings is 6. The van der Waals surface area contributed by atoms with Crippen LogP contribution in [0, 0.1) is 6.92 Å². The predicted molar refractivity (Wildman–Crippen MR) is 251 cm³/mol. The van der Waals surface area contributed by atoms with Crippen molar-refractivity contribution in [2.24, 2.45) is 14.1 Å². The molecular formula is C47H44CuF6N4O3P3+2. The van der Waals surface area contributed by atoms with Crippen molar-refractivity contribution in [3.63, 3.8) is 0 Å². The van der Waals surface area contributed by atoms with E-state index in [1.54, 1.807) is 6.92 Å². The second kappa shape index (κ2) is 21.4. The summed E-state index contributed by atoms with van der Waals surface area (Å²) in [4.78, 5) is 43.2. The molecule has 336 valence electrons. The molecule has 0 amide bonds. The van der Waals surface area contributed by atoms with Gasteiger partial charge in [-0.15, -0.1) is 0 Å². The first-order valence-corrected chi connectivity index (χ1v) is 24.3. The number of aromatic nitrogens is 4. The molecule has 0 saturated carbocycles. The monoisotopic (exact) mass is 982 g/mol. The van der Waals surface area contributed by atoms with E-state index in [-0.39, 0.29) is 39.7 Å². The fourth-order valence-electron chi connectivity index (χ4n) is 6.41. The van der Waals surface area contributed by atoms with Gasteiger partial charge in [-0.25, -0.2) is 14.8 Å². The number of carbonyl (C=O) groups excluding carboxylic acids is 1. The van der Waals surface area contributed by atoms with E-state index in [4.69, 9.17) is 0 Å². The molecule has 0 radical (unpaired) electrons. The molecule has 8 rings (SSSR count). The molecule has 0 aliphatic heterocycles. The van der Waals surface area contributed by atoms with Gasteiger partial charge in [0.1, 0.15) is 37.5 Å². The van der Waals surface area contributed by atoms with Gasteiger partial charge in [-0.1, -0.05) is 109 Å². The van der Waals surface area contributed by atoms with Crippen LogP contribution in [0.3, 0.4) is 0 Å². The average molecular weight is 983 g/mol. The van der Waals surface area contributed by atoms with Crippen LogP contribution < -0.4 is 43.1 Å². The third-order valence-electron chi connectivity index (χ3n) is 9.16. The van der Waals surface area contributed by atoms with E-state index in [1.807, 2.05) is 0 Å². The molecule has 0 fully saturated rings. The summed E-state index contributed by atoms with van der Waals surface area (Å²) in [5, 5.41) is 8.61. The number of rotatable bonds is 7. The summed E-state index contributed by atoms with van der Waals surface area (Å²) >= 11 is 0. The van der Waals surface area contributed by atoms with E-state index in [1.165, 1.54) is 57.4 Å². The van der Waals surface area contributed by atoms with Crippen LogP contribution in [-0.2, 0) is 31.2 Å². The number of fused-ring (bicyclic) bond motifs is 1. The molecule has 2 aromatic heterocycles. The fraction of sp³-hybridized carbons (Fsp3) is 0.0851. The first kappa shape index (κ1) is 51.0. The summed E-state index contributed by atoms with van der Waals surface area (Å²) in [6.07, 6.45) is 0. The quantitative estimate of drug-likeness (QED) is 0.0689. The Kier molecular flexibility index (Phi) is 17.1. The normalized spacial score (nSPS) is 11.9. The molecule has 0 aliphatic carbocycles. The van der Waals surface area contributed by atoms with Crippen molar-refractivity contribution in [3.8, 4) is 0 Å². The maximum Gasteiger partial charge on any atom is 1.00 e. The molecule has 8 aromatic rings. The van der Waals surface area contributed by atoms with Crippen LogP contribution in [0.15, 0.2) is 192 Å². The van der Waals surface area contributed by atoms with Crippen LogP contribution in [0.2, 0.25) is 0 Å². The van der Waals surface area contributed by atoms with Gasteiger partial charge >= 0.3 is 55.7 Å². The van der Waals surface area contributed by atoms with Crippen molar-refractivity contribution in [1.29, 1.82) is 0 Å². The summed E-state index contributed by atoms with van der Waals surface area (Å²) in [7, 11) is -9.55. The van der Waals surface area contributed by atoms with Gasteiger partial charge in [0.15, 0.2) is 16.9 Å². The molecule has 7 nitrogen and oxygen atoms in total.